The highest BCUT2D eigenvalue weighted by molar-refractivity contribution is 8.14. The maximum atomic E-state index is 15.4. The van der Waals surface area contributed by atoms with E-state index in [1.165, 1.54) is 35.7 Å². The zero-order chi connectivity index (χ0) is 26.8. The first kappa shape index (κ1) is 25.6. The van der Waals surface area contributed by atoms with Crippen LogP contribution in [0.25, 0.3) is 9.81 Å². The van der Waals surface area contributed by atoms with Gasteiger partial charge in [0, 0.05) is 30.7 Å². The Morgan fingerprint density at radius 2 is 1.00 bits per heavy atom. The van der Waals surface area contributed by atoms with Crippen molar-refractivity contribution in [3.63, 3.8) is 0 Å². The predicted molar refractivity (Wildman–Crippen MR) is 144 cm³/mol. The number of halogens is 6. The fourth-order valence-electron chi connectivity index (χ4n) is 5.51. The van der Waals surface area contributed by atoms with Gasteiger partial charge in [0.15, 0.2) is 0 Å². The van der Waals surface area contributed by atoms with Gasteiger partial charge in [-0.2, -0.15) is 26.3 Å². The Balaban J connectivity index is 1.66. The Bertz CT molecular complexity index is 1410. The average molecular weight is 585 g/mol. The summed E-state index contributed by atoms with van der Waals surface area (Å²) < 4.78 is 88.8. The second-order valence-electron chi connectivity index (χ2n) is 9.69. The number of benzene rings is 2. The van der Waals surface area contributed by atoms with Crippen molar-refractivity contribution < 1.29 is 26.3 Å². The van der Waals surface area contributed by atoms with E-state index in [1.54, 1.807) is 62.4 Å². The monoisotopic (exact) mass is 584 g/mol. The normalized spacial score (nSPS) is 30.6. The molecule has 4 aliphatic rings. The zero-order valence-electron chi connectivity index (χ0n) is 19.3. The summed E-state index contributed by atoms with van der Waals surface area (Å²) in [5.74, 6) is -15.7. The molecule has 0 amide bonds. The van der Waals surface area contributed by atoms with E-state index in [2.05, 4.69) is 25.3 Å². The van der Waals surface area contributed by atoms with Gasteiger partial charge in [-0.05, 0) is 72.5 Å². The van der Waals surface area contributed by atoms with Crippen molar-refractivity contribution in [1.29, 1.82) is 0 Å². The molecule has 0 bridgehead atoms. The first-order valence-electron chi connectivity index (χ1n) is 11.2. The van der Waals surface area contributed by atoms with E-state index in [9.17, 15) is 8.78 Å². The van der Waals surface area contributed by atoms with Gasteiger partial charge >= 0.3 is 17.8 Å². The highest BCUT2D eigenvalue weighted by Gasteiger charge is 2.84. The smallest absolute Gasteiger partial charge is 0.194 e. The number of alkyl halides is 6. The number of rotatable bonds is 2. The number of thioether (sulfide) groups is 2. The zero-order valence-corrected chi connectivity index (χ0v) is 22.7. The van der Waals surface area contributed by atoms with Crippen LogP contribution in [0.1, 0.15) is 25.0 Å². The van der Waals surface area contributed by atoms with Gasteiger partial charge in [-0.3, -0.25) is 0 Å². The van der Waals surface area contributed by atoms with E-state index in [0.29, 0.717) is 30.7 Å². The molecule has 2 heterocycles. The number of thiol groups is 2. The van der Waals surface area contributed by atoms with Gasteiger partial charge in [0.1, 0.15) is 0 Å². The third-order valence-corrected chi connectivity index (χ3v) is 11.5. The Kier molecular flexibility index (Phi) is 5.36. The van der Waals surface area contributed by atoms with E-state index in [0.717, 1.165) is 0 Å². The van der Waals surface area contributed by atoms with Gasteiger partial charge in [-0.1, -0.05) is 24.3 Å². The van der Waals surface area contributed by atoms with Gasteiger partial charge < -0.3 is 0 Å². The van der Waals surface area contributed by atoms with Crippen LogP contribution in [0.4, 0.5) is 26.3 Å². The quantitative estimate of drug-likeness (QED) is 0.267. The standard InChI is InChI=1S/C27H18F6S4/c1-23-17(11-19(36-23)13-5-3-7-15(34)9-13)21-22(26(30,31)27(32,33)25(21,28)29)18-12-20(37-24(18,23)2)14-6-4-8-16(35)10-14/h3-12,34-35H,1-2H3. The van der Waals surface area contributed by atoms with E-state index in [-0.39, 0.29) is 11.1 Å². The Labute approximate surface area is 229 Å². The van der Waals surface area contributed by atoms with Crippen molar-refractivity contribution in [2.45, 2.75) is 50.9 Å². The van der Waals surface area contributed by atoms with Crippen LogP contribution in [0.2, 0.25) is 0 Å². The van der Waals surface area contributed by atoms with Crippen LogP contribution in [0, 0.1) is 0 Å². The molecule has 1 saturated carbocycles. The molecular weight excluding hydrogens is 567 g/mol. The Hall–Kier alpha value is -1.62. The maximum Gasteiger partial charge on any atom is 0.380 e. The molecular formula is C27H18F6S4. The number of hydrogen-bond acceptors (Lipinski definition) is 4. The molecule has 10 heteroatoms. The van der Waals surface area contributed by atoms with E-state index < -0.39 is 38.4 Å². The molecule has 37 heavy (non-hydrogen) atoms. The Morgan fingerprint density at radius 1 is 0.622 bits per heavy atom. The molecule has 2 atom stereocenters. The molecule has 2 aliphatic heterocycles. The van der Waals surface area contributed by atoms with Crippen LogP contribution >= 0.6 is 48.8 Å². The molecule has 192 valence electrons. The molecule has 6 rings (SSSR count). The molecule has 2 aromatic carbocycles. The van der Waals surface area contributed by atoms with Crippen molar-refractivity contribution in [1.82, 2.24) is 0 Å². The largest absolute Gasteiger partial charge is 0.380 e. The summed E-state index contributed by atoms with van der Waals surface area (Å²) in [5.41, 5.74) is -1.61. The van der Waals surface area contributed by atoms with Crippen molar-refractivity contribution in [2.75, 3.05) is 0 Å². The van der Waals surface area contributed by atoms with Crippen molar-refractivity contribution in [2.24, 2.45) is 0 Å². The number of hydrogen-bond donors (Lipinski definition) is 2. The van der Waals surface area contributed by atoms with E-state index in [4.69, 9.17) is 0 Å². The topological polar surface area (TPSA) is 0 Å². The SMILES string of the molecule is CC12SC(c3cccc(S)c3)=CC1=C1C(=C3C=C(c4cccc(S)c4)SC32C)C(F)(F)C(F)(F)C1(F)F. The van der Waals surface area contributed by atoms with Crippen molar-refractivity contribution >= 4 is 58.6 Å². The van der Waals surface area contributed by atoms with Gasteiger partial charge in [0.25, 0.3) is 0 Å². The highest BCUT2D eigenvalue weighted by Crippen LogP contribution is 2.75. The van der Waals surface area contributed by atoms with Crippen LogP contribution in [-0.2, 0) is 0 Å². The van der Waals surface area contributed by atoms with Crippen LogP contribution in [0.5, 0.6) is 0 Å². The fourth-order valence-corrected chi connectivity index (χ4v) is 9.09. The lowest BCUT2D eigenvalue weighted by Gasteiger charge is -2.47. The minimum absolute atomic E-state index is 0.190. The van der Waals surface area contributed by atoms with Gasteiger partial charge in [-0.25, -0.2) is 0 Å². The molecule has 0 spiro atoms. The summed E-state index contributed by atoms with van der Waals surface area (Å²) in [6.45, 7) is 3.35. The molecule has 0 nitrogen and oxygen atoms in total. The lowest BCUT2D eigenvalue weighted by Crippen LogP contribution is -2.48. The minimum Gasteiger partial charge on any atom is -0.194 e. The lowest BCUT2D eigenvalue weighted by molar-refractivity contribution is -0.258. The average Bonchev–Trinajstić information content (AvgIpc) is 3.39. The lowest BCUT2D eigenvalue weighted by atomic mass is 9.71. The highest BCUT2D eigenvalue weighted by atomic mass is 32.2. The van der Waals surface area contributed by atoms with Crippen molar-refractivity contribution in [3.05, 3.63) is 94.1 Å². The van der Waals surface area contributed by atoms with Crippen LogP contribution in [0.3, 0.4) is 0 Å². The summed E-state index contributed by atoms with van der Waals surface area (Å²) >= 11 is 11.1. The van der Waals surface area contributed by atoms with E-state index >= 15 is 17.6 Å². The first-order chi connectivity index (χ1) is 17.1. The molecule has 0 radical (unpaired) electrons. The minimum atomic E-state index is -5.57. The summed E-state index contributed by atoms with van der Waals surface area (Å²) in [4.78, 5) is 2.31. The summed E-state index contributed by atoms with van der Waals surface area (Å²) in [5, 5.41) is 0. The van der Waals surface area contributed by atoms with Gasteiger partial charge in [-0.15, -0.1) is 48.8 Å². The molecule has 2 unspecified atom stereocenters. The van der Waals surface area contributed by atoms with Crippen LogP contribution < -0.4 is 0 Å². The number of fused-ring (bicyclic) bond motifs is 4. The summed E-state index contributed by atoms with van der Waals surface area (Å²) in [6.07, 6.45) is 2.76. The van der Waals surface area contributed by atoms with E-state index in [1.807, 2.05) is 0 Å². The molecule has 0 aromatic heterocycles. The fraction of sp³-hybridized carbons (Fsp3) is 0.259. The maximum absolute atomic E-state index is 15.4. The van der Waals surface area contributed by atoms with Crippen molar-refractivity contribution in [3.8, 4) is 0 Å². The van der Waals surface area contributed by atoms with Crippen LogP contribution in [-0.4, -0.2) is 27.3 Å². The second kappa shape index (κ2) is 7.73. The van der Waals surface area contributed by atoms with Gasteiger partial charge in [0.2, 0.25) is 0 Å². The molecule has 0 saturated heterocycles. The third-order valence-electron chi connectivity index (χ3n) is 7.58. The van der Waals surface area contributed by atoms with Gasteiger partial charge in [0.05, 0.1) is 9.49 Å². The summed E-state index contributed by atoms with van der Waals surface area (Å²) in [7, 11) is 0. The molecule has 1 fully saturated rings. The third kappa shape index (κ3) is 3.13. The molecule has 2 aliphatic carbocycles. The molecule has 0 N–H and O–H groups in total. The molecule has 2 aromatic rings. The summed E-state index contributed by atoms with van der Waals surface area (Å²) in [6, 6.07) is 13.9. The first-order valence-corrected chi connectivity index (χ1v) is 13.7. The van der Waals surface area contributed by atoms with Crippen LogP contribution in [0.15, 0.2) is 92.8 Å². The second-order valence-corrected chi connectivity index (χ2v) is 13.6. The predicted octanol–water partition coefficient (Wildman–Crippen LogP) is 9.18. The number of allylic oxidation sites excluding steroid dienone is 4. The Morgan fingerprint density at radius 3 is 1.35 bits per heavy atom.